The van der Waals surface area contributed by atoms with Crippen molar-refractivity contribution in [2.75, 3.05) is 6.61 Å². The molecule has 3 rings (SSSR count). The maximum Gasteiger partial charge on any atom is 0.436 e. The number of nitrogens with two attached hydrogens (primary N) is 2. The Kier molecular flexibility index (Phi) is 7.06. The summed E-state index contributed by atoms with van der Waals surface area (Å²) >= 11 is 2.99. The van der Waals surface area contributed by atoms with E-state index in [2.05, 4.69) is 26.2 Å². The van der Waals surface area contributed by atoms with E-state index >= 15 is 0 Å². The minimum Gasteiger partial charge on any atom is -0.484 e. The normalized spacial score (nSPS) is 14.3. The fourth-order valence-corrected chi connectivity index (χ4v) is 3.66. The maximum absolute atomic E-state index is 13.1. The highest BCUT2D eigenvalue weighted by molar-refractivity contribution is 9.10. The Morgan fingerprint density at radius 3 is 2.44 bits per heavy atom. The van der Waals surface area contributed by atoms with Crippen LogP contribution in [0.1, 0.15) is 42.1 Å². The van der Waals surface area contributed by atoms with Gasteiger partial charge in [-0.2, -0.15) is 18.3 Å². The van der Waals surface area contributed by atoms with Crippen LogP contribution in [0.2, 0.25) is 0 Å². The molecule has 0 bridgehead atoms. The summed E-state index contributed by atoms with van der Waals surface area (Å²) in [5.41, 5.74) is 10.6. The third-order valence-corrected chi connectivity index (χ3v) is 5.25. The molecule has 1 saturated carbocycles. The van der Waals surface area contributed by atoms with Crippen LogP contribution in [0.4, 0.5) is 13.2 Å². The molecule has 1 fully saturated rings. The van der Waals surface area contributed by atoms with E-state index < -0.39 is 23.7 Å². The highest BCUT2D eigenvalue weighted by Gasteiger charge is 2.41. The van der Waals surface area contributed by atoms with Gasteiger partial charge in [-0.1, -0.05) is 5.16 Å². The van der Waals surface area contributed by atoms with E-state index in [0.29, 0.717) is 17.0 Å². The Hall–Kier alpha value is -3.09. The number of amidine groups is 1. The van der Waals surface area contributed by atoms with E-state index in [1.807, 2.05) is 0 Å². The van der Waals surface area contributed by atoms with Crippen molar-refractivity contribution < 1.29 is 32.3 Å². The molecule has 1 aliphatic rings. The van der Waals surface area contributed by atoms with Gasteiger partial charge in [-0.15, -0.1) is 0 Å². The van der Waals surface area contributed by atoms with Crippen molar-refractivity contribution in [2.45, 2.75) is 37.9 Å². The topological polar surface area (TPSA) is 135 Å². The predicted molar refractivity (Wildman–Crippen MR) is 109 cm³/mol. The molecule has 0 radical (unpaired) electrons. The number of carbonyl (C=O) groups excluding carboxylic acids is 2. The number of aromatic nitrogens is 2. The number of benzene rings is 1. The van der Waals surface area contributed by atoms with Crippen molar-refractivity contribution in [2.24, 2.45) is 16.6 Å². The molecule has 32 heavy (non-hydrogen) atoms. The summed E-state index contributed by atoms with van der Waals surface area (Å²) in [6, 6.07) is 6.11. The van der Waals surface area contributed by atoms with Gasteiger partial charge in [0.05, 0.1) is 23.1 Å². The largest absolute Gasteiger partial charge is 0.484 e. The molecule has 0 atom stereocenters. The van der Waals surface area contributed by atoms with E-state index in [9.17, 15) is 22.8 Å². The van der Waals surface area contributed by atoms with E-state index in [1.54, 1.807) is 0 Å². The zero-order chi connectivity index (χ0) is 23.5. The van der Waals surface area contributed by atoms with Crippen molar-refractivity contribution in [3.05, 3.63) is 45.7 Å². The number of carbonyl (C=O) groups is 2. The molecular formula is C19H19BrF3N5O4. The number of hydrogen-bond donors (Lipinski definition) is 2. The number of alkyl halides is 3. The molecule has 0 aliphatic heterocycles. The average molecular weight is 518 g/mol. The molecule has 4 N–H and O–H groups in total. The number of hydrogen-bond acceptors (Lipinski definition) is 6. The minimum absolute atomic E-state index is 0.0208. The predicted octanol–water partition coefficient (Wildman–Crippen LogP) is 2.66. The van der Waals surface area contributed by atoms with Gasteiger partial charge in [0.1, 0.15) is 5.75 Å². The SMILES string of the molecule is NC(=O)COc1ccc(/C(N)=N/OC(=O)CCn2nc(C(F)(F)F)c(Br)c2C2CC2)cc1. The lowest BCUT2D eigenvalue weighted by atomic mass is 10.2. The average Bonchev–Trinajstić information content (AvgIpc) is 3.50. The maximum atomic E-state index is 13.1. The molecule has 1 aromatic carbocycles. The number of aryl methyl sites for hydroxylation is 1. The Balaban J connectivity index is 1.58. The van der Waals surface area contributed by atoms with Crippen molar-refractivity contribution >= 4 is 33.6 Å². The molecule has 172 valence electrons. The summed E-state index contributed by atoms with van der Waals surface area (Å²) < 4.78 is 45.6. The quantitative estimate of drug-likeness (QED) is 0.227. The summed E-state index contributed by atoms with van der Waals surface area (Å²) in [4.78, 5) is 27.5. The molecular weight excluding hydrogens is 499 g/mol. The molecule has 0 spiro atoms. The number of rotatable bonds is 9. The Labute approximate surface area is 188 Å². The standard InChI is InChI=1S/C19H19BrF3N5O4/c20-15-16(10-1-2-10)28(26-17(15)19(21,22)23)8-7-14(30)32-27-18(25)11-3-5-12(6-4-11)31-9-13(24)29/h3-6,10H,1-2,7-9H2,(H2,24,29)(H2,25,27). The first-order chi connectivity index (χ1) is 15.1. The molecule has 1 amide bonds. The summed E-state index contributed by atoms with van der Waals surface area (Å²) in [7, 11) is 0. The summed E-state index contributed by atoms with van der Waals surface area (Å²) in [5, 5.41) is 7.18. The highest BCUT2D eigenvalue weighted by atomic mass is 79.9. The highest BCUT2D eigenvalue weighted by Crippen LogP contribution is 2.47. The van der Waals surface area contributed by atoms with Crippen LogP contribution in [-0.4, -0.2) is 34.1 Å². The van der Waals surface area contributed by atoms with Crippen LogP contribution in [0.25, 0.3) is 0 Å². The zero-order valence-corrected chi connectivity index (χ0v) is 18.1. The second-order valence-electron chi connectivity index (χ2n) is 7.01. The minimum atomic E-state index is -4.60. The number of nitrogens with zero attached hydrogens (tertiary/aromatic N) is 3. The van der Waals surface area contributed by atoms with Gasteiger partial charge in [-0.25, -0.2) is 4.79 Å². The number of halogens is 4. The van der Waals surface area contributed by atoms with Gasteiger partial charge in [-0.3, -0.25) is 9.48 Å². The van der Waals surface area contributed by atoms with Crippen LogP contribution in [0.5, 0.6) is 5.75 Å². The number of primary amides is 1. The third kappa shape index (κ3) is 5.99. The van der Waals surface area contributed by atoms with Crippen LogP contribution < -0.4 is 16.2 Å². The zero-order valence-electron chi connectivity index (χ0n) is 16.6. The summed E-state index contributed by atoms with van der Waals surface area (Å²) in [6.45, 7) is -0.374. The monoisotopic (exact) mass is 517 g/mol. The van der Waals surface area contributed by atoms with Crippen LogP contribution >= 0.6 is 15.9 Å². The summed E-state index contributed by atoms with van der Waals surface area (Å²) in [6.07, 6.45) is -3.33. The Morgan fingerprint density at radius 2 is 1.88 bits per heavy atom. The van der Waals surface area contributed by atoms with E-state index in [0.717, 1.165) is 12.8 Å². The molecule has 0 saturated heterocycles. The van der Waals surface area contributed by atoms with Gasteiger partial charge in [0.25, 0.3) is 5.91 Å². The van der Waals surface area contributed by atoms with E-state index in [1.165, 1.54) is 28.9 Å². The first-order valence-electron chi connectivity index (χ1n) is 9.44. The van der Waals surface area contributed by atoms with Crippen molar-refractivity contribution in [1.82, 2.24) is 9.78 Å². The van der Waals surface area contributed by atoms with Crippen LogP contribution in [0.3, 0.4) is 0 Å². The third-order valence-electron chi connectivity index (χ3n) is 4.47. The van der Waals surface area contributed by atoms with Crippen LogP contribution in [-0.2, 0) is 27.1 Å². The van der Waals surface area contributed by atoms with E-state index in [4.69, 9.17) is 21.0 Å². The van der Waals surface area contributed by atoms with Gasteiger partial charge in [-0.05, 0) is 53.0 Å². The first-order valence-corrected chi connectivity index (χ1v) is 10.2. The summed E-state index contributed by atoms with van der Waals surface area (Å²) in [5.74, 6) is -1.14. The second-order valence-corrected chi connectivity index (χ2v) is 7.81. The van der Waals surface area contributed by atoms with Crippen LogP contribution in [0, 0.1) is 0 Å². The van der Waals surface area contributed by atoms with E-state index in [-0.39, 0.29) is 35.8 Å². The fourth-order valence-electron chi connectivity index (χ4n) is 2.82. The molecule has 0 unspecified atom stereocenters. The number of oxime groups is 1. The molecule has 1 aliphatic carbocycles. The van der Waals surface area contributed by atoms with Gasteiger partial charge < -0.3 is 21.0 Å². The molecule has 1 heterocycles. The first kappa shape index (κ1) is 23.6. The van der Waals surface area contributed by atoms with Crippen molar-refractivity contribution in [3.63, 3.8) is 0 Å². The van der Waals surface area contributed by atoms with Gasteiger partial charge >= 0.3 is 12.1 Å². The van der Waals surface area contributed by atoms with Crippen molar-refractivity contribution in [1.29, 1.82) is 0 Å². The fraction of sp³-hybridized carbons (Fsp3) is 0.368. The lowest BCUT2D eigenvalue weighted by molar-refractivity contribution is -0.144. The molecule has 13 heteroatoms. The number of ether oxygens (including phenoxy) is 1. The molecule has 1 aromatic heterocycles. The van der Waals surface area contributed by atoms with Crippen LogP contribution in [0.15, 0.2) is 33.9 Å². The smallest absolute Gasteiger partial charge is 0.436 e. The van der Waals surface area contributed by atoms with Crippen molar-refractivity contribution in [3.8, 4) is 5.75 Å². The van der Waals surface area contributed by atoms with Gasteiger partial charge in [0.2, 0.25) is 0 Å². The number of amides is 1. The molecule has 2 aromatic rings. The lowest BCUT2D eigenvalue weighted by Gasteiger charge is -2.06. The second kappa shape index (κ2) is 9.59. The Morgan fingerprint density at radius 1 is 1.22 bits per heavy atom. The Bertz CT molecular complexity index is 1030. The van der Waals surface area contributed by atoms with Gasteiger partial charge in [0, 0.05) is 11.5 Å². The van der Waals surface area contributed by atoms with Gasteiger partial charge in [0.15, 0.2) is 18.1 Å². The lowest BCUT2D eigenvalue weighted by Crippen LogP contribution is -2.20. The molecule has 9 nitrogen and oxygen atoms in total.